The van der Waals surface area contributed by atoms with Crippen LogP contribution in [-0.2, 0) is 20.8 Å². The predicted molar refractivity (Wildman–Crippen MR) is 88.6 cm³/mol. The second kappa shape index (κ2) is 6.26. The van der Waals surface area contributed by atoms with Crippen molar-refractivity contribution in [2.75, 3.05) is 11.4 Å². The number of amides is 2. The molecule has 1 saturated carbocycles. The molecule has 1 aliphatic carbocycles. The van der Waals surface area contributed by atoms with E-state index < -0.39 is 17.4 Å². The summed E-state index contributed by atoms with van der Waals surface area (Å²) in [6.45, 7) is 2.42. The average molecular weight is 330 g/mol. The van der Waals surface area contributed by atoms with Crippen LogP contribution >= 0.6 is 0 Å². The second-order valence-corrected chi connectivity index (χ2v) is 6.70. The first-order chi connectivity index (χ1) is 11.4. The summed E-state index contributed by atoms with van der Waals surface area (Å²) in [6, 6.07) is 7.82. The molecule has 1 saturated heterocycles. The number of carbonyl (C=O) groups is 3. The van der Waals surface area contributed by atoms with Crippen molar-refractivity contribution in [1.29, 1.82) is 0 Å². The lowest BCUT2D eigenvalue weighted by Crippen LogP contribution is -2.46. The van der Waals surface area contributed by atoms with Gasteiger partial charge in [-0.25, -0.2) is 4.79 Å². The van der Waals surface area contributed by atoms with Crippen LogP contribution < -0.4 is 10.2 Å². The Kier molecular flexibility index (Phi) is 4.30. The number of aryl methyl sites for hydroxylation is 1. The summed E-state index contributed by atoms with van der Waals surface area (Å²) in [5.41, 5.74) is 0.906. The summed E-state index contributed by atoms with van der Waals surface area (Å²) < 4.78 is 0. The van der Waals surface area contributed by atoms with E-state index >= 15 is 0 Å². The molecule has 6 heteroatoms. The van der Waals surface area contributed by atoms with Crippen molar-refractivity contribution in [2.24, 2.45) is 5.92 Å². The molecule has 1 aromatic rings. The SMILES string of the molecule is CCCc1ccc(N2CC(C(=O)NC3(C(=O)O)CC3)CC2=O)cc1. The van der Waals surface area contributed by atoms with Gasteiger partial charge in [0, 0.05) is 18.7 Å². The predicted octanol–water partition coefficient (Wildman–Crippen LogP) is 1.73. The Morgan fingerprint density at radius 1 is 1.29 bits per heavy atom. The highest BCUT2D eigenvalue weighted by Gasteiger charge is 2.52. The molecule has 2 N–H and O–H groups in total. The molecule has 24 heavy (non-hydrogen) atoms. The van der Waals surface area contributed by atoms with Gasteiger partial charge in [0.05, 0.1) is 5.92 Å². The molecule has 0 spiro atoms. The van der Waals surface area contributed by atoms with Gasteiger partial charge in [-0.3, -0.25) is 9.59 Å². The topological polar surface area (TPSA) is 86.7 Å². The summed E-state index contributed by atoms with van der Waals surface area (Å²) in [5, 5.41) is 11.8. The monoisotopic (exact) mass is 330 g/mol. The first-order valence-corrected chi connectivity index (χ1v) is 8.40. The highest BCUT2D eigenvalue weighted by molar-refractivity contribution is 6.01. The Morgan fingerprint density at radius 2 is 1.96 bits per heavy atom. The Labute approximate surface area is 140 Å². The molecule has 1 aromatic carbocycles. The van der Waals surface area contributed by atoms with Gasteiger partial charge in [0.15, 0.2) is 0 Å². The van der Waals surface area contributed by atoms with E-state index in [-0.39, 0.29) is 18.2 Å². The van der Waals surface area contributed by atoms with Crippen LogP contribution in [-0.4, -0.2) is 35.0 Å². The number of hydrogen-bond acceptors (Lipinski definition) is 3. The number of carbonyl (C=O) groups excluding carboxylic acids is 2. The Bertz CT molecular complexity index is 664. The molecule has 2 aliphatic rings. The molecule has 3 rings (SSSR count). The fraction of sp³-hybridized carbons (Fsp3) is 0.500. The summed E-state index contributed by atoms with van der Waals surface area (Å²) in [7, 11) is 0. The van der Waals surface area contributed by atoms with Crippen LogP contribution in [0.25, 0.3) is 0 Å². The van der Waals surface area contributed by atoms with Crippen molar-refractivity contribution in [3.8, 4) is 0 Å². The molecule has 6 nitrogen and oxygen atoms in total. The zero-order valence-corrected chi connectivity index (χ0v) is 13.7. The van der Waals surface area contributed by atoms with E-state index in [9.17, 15) is 14.4 Å². The summed E-state index contributed by atoms with van der Waals surface area (Å²) in [4.78, 5) is 37.3. The number of nitrogens with zero attached hydrogens (tertiary/aromatic N) is 1. The maximum atomic E-state index is 12.3. The van der Waals surface area contributed by atoms with Gasteiger partial charge >= 0.3 is 5.97 Å². The number of carboxylic acids is 1. The van der Waals surface area contributed by atoms with E-state index in [0.29, 0.717) is 19.4 Å². The molecule has 1 unspecified atom stereocenters. The van der Waals surface area contributed by atoms with Crippen LogP contribution in [0, 0.1) is 5.92 Å². The summed E-state index contributed by atoms with van der Waals surface area (Å²) in [5.74, 6) is -1.93. The van der Waals surface area contributed by atoms with Crippen LogP contribution in [0.5, 0.6) is 0 Å². The minimum atomic E-state index is -1.10. The molecule has 0 aromatic heterocycles. The number of rotatable bonds is 6. The highest BCUT2D eigenvalue weighted by atomic mass is 16.4. The molecule has 0 radical (unpaired) electrons. The molecule has 2 amide bonds. The van der Waals surface area contributed by atoms with Gasteiger partial charge in [-0.1, -0.05) is 25.5 Å². The van der Waals surface area contributed by atoms with Crippen molar-refractivity contribution in [3.05, 3.63) is 29.8 Å². The maximum absolute atomic E-state index is 12.3. The van der Waals surface area contributed by atoms with Crippen LogP contribution in [0.4, 0.5) is 5.69 Å². The minimum absolute atomic E-state index is 0.0986. The lowest BCUT2D eigenvalue weighted by atomic mass is 10.1. The van der Waals surface area contributed by atoms with Crippen molar-refractivity contribution >= 4 is 23.5 Å². The lowest BCUT2D eigenvalue weighted by Gasteiger charge is -2.18. The van der Waals surface area contributed by atoms with Gasteiger partial charge in [0.25, 0.3) is 0 Å². The molecule has 2 fully saturated rings. The number of carboxylic acid groups (broad SMARTS) is 1. The number of anilines is 1. The quantitative estimate of drug-likeness (QED) is 0.831. The van der Waals surface area contributed by atoms with E-state index in [1.54, 1.807) is 4.90 Å². The van der Waals surface area contributed by atoms with Gasteiger partial charge in [0.1, 0.15) is 5.54 Å². The zero-order valence-electron chi connectivity index (χ0n) is 13.7. The lowest BCUT2D eigenvalue weighted by molar-refractivity contribution is -0.143. The first-order valence-electron chi connectivity index (χ1n) is 8.40. The van der Waals surface area contributed by atoms with Gasteiger partial charge in [-0.15, -0.1) is 0 Å². The first kappa shape index (κ1) is 16.5. The average Bonchev–Trinajstić information content (AvgIpc) is 3.23. The van der Waals surface area contributed by atoms with Gasteiger partial charge in [-0.2, -0.15) is 0 Å². The Balaban J connectivity index is 1.65. The molecule has 128 valence electrons. The minimum Gasteiger partial charge on any atom is -0.480 e. The van der Waals surface area contributed by atoms with Crippen LogP contribution in [0.15, 0.2) is 24.3 Å². The number of nitrogens with one attached hydrogen (secondary N) is 1. The third kappa shape index (κ3) is 3.13. The van der Waals surface area contributed by atoms with Crippen molar-refractivity contribution < 1.29 is 19.5 Å². The van der Waals surface area contributed by atoms with Crippen LogP contribution in [0.3, 0.4) is 0 Å². The fourth-order valence-electron chi connectivity index (χ4n) is 3.12. The number of aliphatic carboxylic acids is 1. The standard InChI is InChI=1S/C18H22N2O4/c1-2-3-12-4-6-14(7-5-12)20-11-13(10-15(20)21)16(22)19-18(8-9-18)17(23)24/h4-7,13H,2-3,8-11H2,1H3,(H,19,22)(H,23,24). The summed E-state index contributed by atoms with van der Waals surface area (Å²) >= 11 is 0. The van der Waals surface area contributed by atoms with Crippen LogP contribution in [0.1, 0.15) is 38.2 Å². The number of hydrogen-bond donors (Lipinski definition) is 2. The van der Waals surface area contributed by atoms with Gasteiger partial charge in [0.2, 0.25) is 11.8 Å². The van der Waals surface area contributed by atoms with E-state index in [4.69, 9.17) is 5.11 Å². The zero-order chi connectivity index (χ0) is 17.3. The number of benzene rings is 1. The van der Waals surface area contributed by atoms with Gasteiger partial charge in [-0.05, 0) is 37.0 Å². The van der Waals surface area contributed by atoms with Crippen LogP contribution in [0.2, 0.25) is 0 Å². The fourth-order valence-corrected chi connectivity index (χ4v) is 3.12. The van der Waals surface area contributed by atoms with Crippen molar-refractivity contribution in [2.45, 2.75) is 44.6 Å². The van der Waals surface area contributed by atoms with E-state index in [0.717, 1.165) is 18.5 Å². The normalized spacial score (nSPS) is 21.6. The van der Waals surface area contributed by atoms with E-state index in [2.05, 4.69) is 12.2 Å². The molecule has 1 atom stereocenters. The maximum Gasteiger partial charge on any atom is 0.329 e. The third-order valence-electron chi connectivity index (χ3n) is 4.80. The largest absolute Gasteiger partial charge is 0.480 e. The van der Waals surface area contributed by atoms with Crippen molar-refractivity contribution in [1.82, 2.24) is 5.32 Å². The van der Waals surface area contributed by atoms with Crippen molar-refractivity contribution in [3.63, 3.8) is 0 Å². The molecular formula is C18H22N2O4. The van der Waals surface area contributed by atoms with Gasteiger partial charge < -0.3 is 15.3 Å². The molecular weight excluding hydrogens is 308 g/mol. The second-order valence-electron chi connectivity index (χ2n) is 6.70. The molecule has 1 heterocycles. The Hall–Kier alpha value is -2.37. The highest BCUT2D eigenvalue weighted by Crippen LogP contribution is 2.36. The van der Waals surface area contributed by atoms with E-state index in [1.165, 1.54) is 5.56 Å². The Morgan fingerprint density at radius 3 is 2.50 bits per heavy atom. The van der Waals surface area contributed by atoms with E-state index in [1.807, 2.05) is 24.3 Å². The smallest absolute Gasteiger partial charge is 0.329 e. The third-order valence-corrected chi connectivity index (χ3v) is 4.80. The molecule has 0 bridgehead atoms. The molecule has 1 aliphatic heterocycles. The summed E-state index contributed by atoms with van der Waals surface area (Å²) in [6.07, 6.45) is 3.10.